The Balaban J connectivity index is 1.43. The fraction of sp³-hybridized carbons (Fsp3) is 0.857. The van der Waals surface area contributed by atoms with Crippen molar-refractivity contribution in [2.45, 2.75) is 129 Å². The Morgan fingerprint density at radius 2 is 1.76 bits per heavy atom. The highest BCUT2D eigenvalue weighted by Crippen LogP contribution is 2.68. The fourth-order valence-electron chi connectivity index (χ4n) is 10.8. The van der Waals surface area contributed by atoms with Gasteiger partial charge in [-0.05, 0) is 112 Å². The molecule has 6 nitrogen and oxygen atoms in total. The number of nitrogens with one attached hydrogen (secondary N) is 1. The fourth-order valence-corrected chi connectivity index (χ4v) is 10.8. The van der Waals surface area contributed by atoms with Gasteiger partial charge in [-0.1, -0.05) is 52.2 Å². The number of allylic oxidation sites excluding steroid dienone is 2. The molecule has 4 saturated carbocycles. The third kappa shape index (κ3) is 4.92. The lowest BCUT2D eigenvalue weighted by molar-refractivity contribution is -0.169. The molecule has 5 rings (SSSR count). The summed E-state index contributed by atoms with van der Waals surface area (Å²) in [5.74, 6) is -0.131. The molecule has 0 aromatic heterocycles. The van der Waals surface area contributed by atoms with Crippen molar-refractivity contribution in [2.75, 3.05) is 13.6 Å². The second kappa shape index (κ2) is 11.5. The Labute approximate surface area is 248 Å². The number of hydrogen-bond acceptors (Lipinski definition) is 6. The zero-order valence-corrected chi connectivity index (χ0v) is 26.5. The molecule has 0 aliphatic heterocycles. The van der Waals surface area contributed by atoms with E-state index in [1.165, 1.54) is 37.7 Å². The van der Waals surface area contributed by atoms with Gasteiger partial charge in [-0.3, -0.25) is 4.79 Å². The zero-order chi connectivity index (χ0) is 29.9. The molecule has 11 atom stereocenters. The van der Waals surface area contributed by atoms with E-state index in [0.717, 1.165) is 31.3 Å². The van der Waals surface area contributed by atoms with Crippen LogP contribution in [0.15, 0.2) is 22.8 Å². The van der Waals surface area contributed by atoms with E-state index in [-0.39, 0.29) is 35.4 Å². The highest BCUT2D eigenvalue weighted by atomic mass is 16.3. The number of carbonyl (C=O) groups excluding carboxylic acids is 1. The molecule has 5 aliphatic rings. The first-order valence-electron chi connectivity index (χ1n) is 16.7. The van der Waals surface area contributed by atoms with Crippen LogP contribution in [-0.2, 0) is 4.79 Å². The Bertz CT molecular complexity index is 1060. The Morgan fingerprint density at radius 1 is 1.07 bits per heavy atom. The van der Waals surface area contributed by atoms with E-state index in [0.29, 0.717) is 25.3 Å². The standard InChI is InChI=1S/C35H57NO5/c1-20(2)23(22-10-8-7-9-11-22)16-28(37)21(3)25-13-15-35(41)27-17-29(38)31-24(19-36-6)32(40)30(39)18-33(31,4)26(27)12-14-34(25,35)5/h17,20-21,24-26,28,30-32,36-37,39-41H,7-16,18-19H2,1-6H3. The van der Waals surface area contributed by atoms with Crippen molar-refractivity contribution in [3.63, 3.8) is 0 Å². The average molecular weight is 572 g/mol. The van der Waals surface area contributed by atoms with Gasteiger partial charge in [-0.15, -0.1) is 0 Å². The molecular weight excluding hydrogens is 514 g/mol. The molecule has 0 bridgehead atoms. The molecule has 6 heteroatoms. The van der Waals surface area contributed by atoms with E-state index in [1.54, 1.807) is 11.6 Å². The van der Waals surface area contributed by atoms with E-state index in [1.807, 2.05) is 7.05 Å². The number of ketones is 1. The number of aliphatic hydroxyl groups is 4. The van der Waals surface area contributed by atoms with Gasteiger partial charge in [0.15, 0.2) is 5.78 Å². The smallest absolute Gasteiger partial charge is 0.159 e. The lowest BCUT2D eigenvalue weighted by atomic mass is 9.44. The molecule has 5 N–H and O–H groups in total. The topological polar surface area (TPSA) is 110 Å². The second-order valence-corrected chi connectivity index (χ2v) is 15.5. The van der Waals surface area contributed by atoms with Crippen LogP contribution in [0.3, 0.4) is 0 Å². The first-order chi connectivity index (χ1) is 19.3. The monoisotopic (exact) mass is 571 g/mol. The van der Waals surface area contributed by atoms with Crippen molar-refractivity contribution in [1.82, 2.24) is 5.32 Å². The van der Waals surface area contributed by atoms with Gasteiger partial charge in [-0.25, -0.2) is 0 Å². The maximum atomic E-state index is 13.9. The SMILES string of the molecule is CNCC1C(O)C(O)CC2(C)C3CCC4(C)C(C(C)C(O)CC(=C5CCCCC5)C(C)C)CCC4(O)C3=CC(=O)C12. The summed E-state index contributed by atoms with van der Waals surface area (Å²) >= 11 is 0. The second-order valence-electron chi connectivity index (χ2n) is 15.5. The zero-order valence-electron chi connectivity index (χ0n) is 26.5. The summed E-state index contributed by atoms with van der Waals surface area (Å²) in [5.41, 5.74) is 1.84. The summed E-state index contributed by atoms with van der Waals surface area (Å²) in [7, 11) is 1.82. The summed E-state index contributed by atoms with van der Waals surface area (Å²) in [6.45, 7) is 11.5. The lowest BCUT2D eigenvalue weighted by Crippen LogP contribution is -2.64. The summed E-state index contributed by atoms with van der Waals surface area (Å²) < 4.78 is 0. The highest BCUT2D eigenvalue weighted by molar-refractivity contribution is 5.95. The quantitative estimate of drug-likeness (QED) is 0.277. The third-order valence-corrected chi connectivity index (χ3v) is 13.1. The van der Waals surface area contributed by atoms with Crippen LogP contribution in [0.4, 0.5) is 0 Å². The van der Waals surface area contributed by atoms with Crippen LogP contribution < -0.4 is 5.32 Å². The Hall–Kier alpha value is -1.05. The maximum absolute atomic E-state index is 13.9. The van der Waals surface area contributed by atoms with Crippen LogP contribution in [0.2, 0.25) is 0 Å². The molecular formula is C35H57NO5. The van der Waals surface area contributed by atoms with Crippen LogP contribution in [0.5, 0.6) is 0 Å². The Morgan fingerprint density at radius 3 is 2.39 bits per heavy atom. The van der Waals surface area contributed by atoms with Gasteiger partial charge in [0.25, 0.3) is 0 Å². The number of hydrogen-bond donors (Lipinski definition) is 5. The van der Waals surface area contributed by atoms with Gasteiger partial charge >= 0.3 is 0 Å². The van der Waals surface area contributed by atoms with Crippen LogP contribution in [-0.4, -0.2) is 63.7 Å². The van der Waals surface area contributed by atoms with Gasteiger partial charge in [0.2, 0.25) is 0 Å². The summed E-state index contributed by atoms with van der Waals surface area (Å²) in [4.78, 5) is 13.9. The molecule has 0 aromatic carbocycles. The van der Waals surface area contributed by atoms with E-state index in [9.17, 15) is 25.2 Å². The number of aliphatic hydroxyl groups excluding tert-OH is 3. The minimum absolute atomic E-state index is 0.00709. The molecule has 0 saturated heterocycles. The third-order valence-electron chi connectivity index (χ3n) is 13.1. The average Bonchev–Trinajstić information content (AvgIpc) is 3.21. The normalized spacial score (nSPS) is 44.1. The molecule has 41 heavy (non-hydrogen) atoms. The summed E-state index contributed by atoms with van der Waals surface area (Å²) in [6, 6.07) is 0. The molecule has 232 valence electrons. The van der Waals surface area contributed by atoms with Gasteiger partial charge in [0.1, 0.15) is 0 Å². The highest BCUT2D eigenvalue weighted by Gasteiger charge is 2.68. The van der Waals surface area contributed by atoms with Gasteiger partial charge in [0.05, 0.1) is 23.9 Å². The Kier molecular flexibility index (Phi) is 8.77. The lowest BCUT2D eigenvalue weighted by Gasteiger charge is -2.61. The molecule has 0 radical (unpaired) electrons. The van der Waals surface area contributed by atoms with Crippen molar-refractivity contribution < 1.29 is 25.2 Å². The van der Waals surface area contributed by atoms with Crippen LogP contribution in [0.25, 0.3) is 0 Å². The summed E-state index contributed by atoms with van der Waals surface area (Å²) in [6.07, 6.45) is 9.82. The van der Waals surface area contributed by atoms with E-state index >= 15 is 0 Å². The van der Waals surface area contributed by atoms with Gasteiger partial charge in [0, 0.05) is 23.8 Å². The molecule has 0 aromatic rings. The minimum atomic E-state index is -1.10. The van der Waals surface area contributed by atoms with Crippen LogP contribution in [0, 0.1) is 46.3 Å². The molecule has 0 spiro atoms. The van der Waals surface area contributed by atoms with Crippen LogP contribution >= 0.6 is 0 Å². The number of fused-ring (bicyclic) bond motifs is 5. The largest absolute Gasteiger partial charge is 0.393 e. The van der Waals surface area contributed by atoms with Crippen LogP contribution in [0.1, 0.15) is 105 Å². The number of rotatable bonds is 7. The summed E-state index contributed by atoms with van der Waals surface area (Å²) in [5, 5.41) is 49.2. The van der Waals surface area contributed by atoms with Crippen molar-refractivity contribution in [1.29, 1.82) is 0 Å². The number of carbonyl (C=O) groups is 1. The van der Waals surface area contributed by atoms with Crippen molar-refractivity contribution in [3.8, 4) is 0 Å². The first-order valence-corrected chi connectivity index (χ1v) is 16.7. The van der Waals surface area contributed by atoms with E-state index < -0.39 is 34.7 Å². The molecule has 5 aliphatic carbocycles. The van der Waals surface area contributed by atoms with E-state index in [2.05, 4.69) is 39.9 Å². The van der Waals surface area contributed by atoms with Crippen molar-refractivity contribution in [2.24, 2.45) is 46.3 Å². The van der Waals surface area contributed by atoms with Gasteiger partial charge < -0.3 is 25.7 Å². The molecule has 4 fully saturated rings. The van der Waals surface area contributed by atoms with Crippen molar-refractivity contribution >= 4 is 5.78 Å². The van der Waals surface area contributed by atoms with Gasteiger partial charge in [-0.2, -0.15) is 0 Å². The molecule has 0 heterocycles. The van der Waals surface area contributed by atoms with Crippen molar-refractivity contribution in [3.05, 3.63) is 22.8 Å². The molecule has 0 amide bonds. The minimum Gasteiger partial charge on any atom is -0.393 e. The maximum Gasteiger partial charge on any atom is 0.159 e. The van der Waals surface area contributed by atoms with E-state index in [4.69, 9.17) is 0 Å². The first kappa shape index (κ1) is 31.4. The predicted molar refractivity (Wildman–Crippen MR) is 162 cm³/mol. The molecule has 11 unspecified atom stereocenters. The predicted octanol–water partition coefficient (Wildman–Crippen LogP) is 4.94.